The van der Waals surface area contributed by atoms with E-state index in [9.17, 15) is 8.78 Å². The highest BCUT2D eigenvalue weighted by molar-refractivity contribution is 4.79. The third-order valence-corrected chi connectivity index (χ3v) is 1.29. The minimum atomic E-state index is -2.42. The molecule has 0 atom stereocenters. The molecule has 1 fully saturated rings. The van der Waals surface area contributed by atoms with Crippen LogP contribution in [-0.2, 0) is 0 Å². The minimum absolute atomic E-state index is 0.0130. The van der Waals surface area contributed by atoms with Gasteiger partial charge in [-0.15, -0.1) is 0 Å². The zero-order chi connectivity index (χ0) is 6.85. The van der Waals surface area contributed by atoms with Crippen LogP contribution in [-0.4, -0.2) is 29.3 Å². The zero-order valence-corrected chi connectivity index (χ0v) is 4.93. The van der Waals surface area contributed by atoms with Crippen molar-refractivity contribution in [3.63, 3.8) is 0 Å². The quantitative estimate of drug-likeness (QED) is 0.589. The van der Waals surface area contributed by atoms with E-state index in [0.717, 1.165) is 17.9 Å². The highest BCUT2D eigenvalue weighted by Gasteiger charge is 2.29. The van der Waals surface area contributed by atoms with Crippen LogP contribution in [0.1, 0.15) is 12.8 Å². The minimum Gasteiger partial charge on any atom is -0.314 e. The van der Waals surface area contributed by atoms with Gasteiger partial charge in [0, 0.05) is 6.04 Å². The molecule has 1 N–H and O–H groups in total. The summed E-state index contributed by atoms with van der Waals surface area (Å²) in [6, 6.07) is 0.0130. The van der Waals surface area contributed by atoms with Crippen molar-refractivity contribution in [2.24, 2.45) is 0 Å². The molecule has 2 nitrogen and oxygen atoms in total. The van der Waals surface area contributed by atoms with Gasteiger partial charge in [-0.05, 0) is 12.8 Å². The van der Waals surface area contributed by atoms with E-state index in [4.69, 9.17) is 5.21 Å². The van der Waals surface area contributed by atoms with Gasteiger partial charge in [-0.2, -0.15) is 5.06 Å². The van der Waals surface area contributed by atoms with Crippen molar-refractivity contribution in [2.75, 3.05) is 6.54 Å². The van der Waals surface area contributed by atoms with Crippen LogP contribution >= 0.6 is 0 Å². The first-order chi connectivity index (χ1) is 4.20. The number of nitrogens with zero attached hydrogens (tertiary/aromatic N) is 1. The number of alkyl halides is 2. The van der Waals surface area contributed by atoms with Crippen LogP contribution in [0.2, 0.25) is 0 Å². The van der Waals surface area contributed by atoms with E-state index in [1.165, 1.54) is 0 Å². The first-order valence-corrected chi connectivity index (χ1v) is 2.94. The average Bonchev–Trinajstić information content (AvgIpc) is 2.40. The summed E-state index contributed by atoms with van der Waals surface area (Å²) >= 11 is 0. The fourth-order valence-corrected chi connectivity index (χ4v) is 0.663. The second-order valence-corrected chi connectivity index (χ2v) is 2.24. The molecule has 0 bridgehead atoms. The van der Waals surface area contributed by atoms with E-state index in [2.05, 4.69) is 0 Å². The van der Waals surface area contributed by atoms with Gasteiger partial charge in [0.25, 0.3) is 6.43 Å². The van der Waals surface area contributed by atoms with Crippen molar-refractivity contribution in [2.45, 2.75) is 25.3 Å². The number of hydroxylamine groups is 2. The van der Waals surface area contributed by atoms with Crippen molar-refractivity contribution in [3.05, 3.63) is 0 Å². The maximum absolute atomic E-state index is 11.5. The van der Waals surface area contributed by atoms with Crippen LogP contribution in [0.3, 0.4) is 0 Å². The van der Waals surface area contributed by atoms with Gasteiger partial charge in [0.1, 0.15) is 0 Å². The van der Waals surface area contributed by atoms with E-state index in [1.54, 1.807) is 0 Å². The summed E-state index contributed by atoms with van der Waals surface area (Å²) in [6.07, 6.45) is -0.720. The highest BCUT2D eigenvalue weighted by atomic mass is 19.3. The lowest BCUT2D eigenvalue weighted by Crippen LogP contribution is -2.27. The monoisotopic (exact) mass is 137 g/mol. The van der Waals surface area contributed by atoms with Crippen LogP contribution in [0.15, 0.2) is 0 Å². The summed E-state index contributed by atoms with van der Waals surface area (Å²) in [4.78, 5) is 0. The van der Waals surface area contributed by atoms with Gasteiger partial charge >= 0.3 is 0 Å². The topological polar surface area (TPSA) is 23.5 Å². The molecule has 0 heterocycles. The zero-order valence-electron chi connectivity index (χ0n) is 4.93. The third kappa shape index (κ3) is 2.24. The maximum atomic E-state index is 11.5. The molecule has 54 valence electrons. The van der Waals surface area contributed by atoms with E-state index in [1.807, 2.05) is 0 Å². The van der Waals surface area contributed by atoms with Crippen LogP contribution in [0.4, 0.5) is 8.78 Å². The second-order valence-electron chi connectivity index (χ2n) is 2.24. The van der Waals surface area contributed by atoms with Gasteiger partial charge < -0.3 is 5.21 Å². The van der Waals surface area contributed by atoms with Gasteiger partial charge in [-0.1, -0.05) is 0 Å². The summed E-state index contributed by atoms with van der Waals surface area (Å²) in [5, 5.41) is 9.44. The van der Waals surface area contributed by atoms with Crippen molar-refractivity contribution in [1.82, 2.24) is 5.06 Å². The van der Waals surface area contributed by atoms with Crippen molar-refractivity contribution in [1.29, 1.82) is 0 Å². The first-order valence-electron chi connectivity index (χ1n) is 2.94. The molecule has 0 saturated heterocycles. The molecule has 0 spiro atoms. The molecule has 1 rings (SSSR count). The molecular weight excluding hydrogens is 128 g/mol. The standard InChI is InChI=1S/C5H9F2NO/c6-5(7)3-8(9)4-1-2-4/h4-5,9H,1-3H2. The van der Waals surface area contributed by atoms with Gasteiger partial charge in [0.15, 0.2) is 0 Å². The predicted molar refractivity (Wildman–Crippen MR) is 27.5 cm³/mol. The molecule has 1 saturated carbocycles. The maximum Gasteiger partial charge on any atom is 0.253 e. The normalized spacial score (nSPS) is 19.7. The average molecular weight is 137 g/mol. The molecular formula is C5H9F2NO. The lowest BCUT2D eigenvalue weighted by atomic mass is 10.6. The highest BCUT2D eigenvalue weighted by Crippen LogP contribution is 2.25. The predicted octanol–water partition coefficient (Wildman–Crippen LogP) is 1.11. The van der Waals surface area contributed by atoms with Gasteiger partial charge in [-0.25, -0.2) is 8.78 Å². The Balaban J connectivity index is 2.10. The largest absolute Gasteiger partial charge is 0.314 e. The smallest absolute Gasteiger partial charge is 0.253 e. The van der Waals surface area contributed by atoms with Crippen LogP contribution in [0.25, 0.3) is 0 Å². The Hall–Kier alpha value is -0.220. The summed E-state index contributed by atoms with van der Waals surface area (Å²) in [5.41, 5.74) is 0. The van der Waals surface area contributed by atoms with Gasteiger partial charge in [0.2, 0.25) is 0 Å². The fraction of sp³-hybridized carbons (Fsp3) is 1.00. The molecule has 0 aromatic heterocycles. The summed E-state index contributed by atoms with van der Waals surface area (Å²) in [5.74, 6) is 0. The SMILES string of the molecule is ON(CC(F)F)C1CC1. The molecule has 0 amide bonds. The molecule has 0 aliphatic heterocycles. The van der Waals surface area contributed by atoms with Crippen molar-refractivity contribution >= 4 is 0 Å². The first kappa shape index (κ1) is 6.89. The molecule has 0 radical (unpaired) electrons. The Morgan fingerprint density at radius 2 is 2.11 bits per heavy atom. The summed E-state index contributed by atoms with van der Waals surface area (Å²) in [6.45, 7) is -0.509. The lowest BCUT2D eigenvalue weighted by Gasteiger charge is -2.11. The Labute approximate surface area is 52.0 Å². The van der Waals surface area contributed by atoms with Crippen molar-refractivity contribution < 1.29 is 14.0 Å². The Morgan fingerprint density at radius 3 is 2.44 bits per heavy atom. The number of rotatable bonds is 3. The van der Waals surface area contributed by atoms with Gasteiger partial charge in [0.05, 0.1) is 6.54 Å². The van der Waals surface area contributed by atoms with Crippen LogP contribution < -0.4 is 0 Å². The van der Waals surface area contributed by atoms with E-state index < -0.39 is 13.0 Å². The van der Waals surface area contributed by atoms with Crippen LogP contribution in [0, 0.1) is 0 Å². The molecule has 9 heavy (non-hydrogen) atoms. The van der Waals surface area contributed by atoms with E-state index in [-0.39, 0.29) is 6.04 Å². The summed E-state index contributed by atoms with van der Waals surface area (Å²) in [7, 11) is 0. The molecule has 4 heteroatoms. The molecule has 0 aromatic carbocycles. The van der Waals surface area contributed by atoms with Crippen molar-refractivity contribution in [3.8, 4) is 0 Å². The fourth-order valence-electron chi connectivity index (χ4n) is 0.663. The Morgan fingerprint density at radius 1 is 1.56 bits per heavy atom. The Bertz CT molecular complexity index is 95.0. The molecule has 0 unspecified atom stereocenters. The third-order valence-electron chi connectivity index (χ3n) is 1.29. The van der Waals surface area contributed by atoms with E-state index in [0.29, 0.717) is 0 Å². The van der Waals surface area contributed by atoms with Crippen LogP contribution in [0.5, 0.6) is 0 Å². The van der Waals surface area contributed by atoms with Gasteiger partial charge in [-0.3, -0.25) is 0 Å². The van der Waals surface area contributed by atoms with E-state index >= 15 is 0 Å². The lowest BCUT2D eigenvalue weighted by molar-refractivity contribution is -0.127. The second kappa shape index (κ2) is 2.58. The molecule has 1 aliphatic rings. The molecule has 0 aromatic rings. The Kier molecular flexibility index (Phi) is 1.97. The number of hydrogen-bond donors (Lipinski definition) is 1. The number of halogens is 2. The molecule has 1 aliphatic carbocycles. The number of hydrogen-bond acceptors (Lipinski definition) is 2. The summed E-state index contributed by atoms with van der Waals surface area (Å²) < 4.78 is 22.9.